The second-order valence-electron chi connectivity index (χ2n) is 2.52. The molecule has 0 saturated heterocycles. The standard InChI is InChI=1S/C8H5F3N2O2/c9-8(10,11)15-7-2-5(4-14)1-6(3-12)13-7/h1-2,14H,4H2. The second kappa shape index (κ2) is 4.14. The van der Waals surface area contributed by atoms with Gasteiger partial charge in [0.2, 0.25) is 5.88 Å². The summed E-state index contributed by atoms with van der Waals surface area (Å²) >= 11 is 0. The van der Waals surface area contributed by atoms with Crippen LogP contribution in [0.1, 0.15) is 11.3 Å². The zero-order valence-corrected chi connectivity index (χ0v) is 7.25. The number of aliphatic hydroxyl groups is 1. The summed E-state index contributed by atoms with van der Waals surface area (Å²) in [5.41, 5.74) is -0.124. The van der Waals surface area contributed by atoms with E-state index in [2.05, 4.69) is 9.72 Å². The summed E-state index contributed by atoms with van der Waals surface area (Å²) in [6.45, 7) is -0.495. The molecule has 0 fully saturated rings. The van der Waals surface area contributed by atoms with Crippen molar-refractivity contribution in [3.8, 4) is 11.9 Å². The van der Waals surface area contributed by atoms with Crippen molar-refractivity contribution in [3.05, 3.63) is 23.4 Å². The lowest BCUT2D eigenvalue weighted by Crippen LogP contribution is -2.18. The zero-order chi connectivity index (χ0) is 11.5. The smallest absolute Gasteiger partial charge is 0.392 e. The highest BCUT2D eigenvalue weighted by atomic mass is 19.4. The van der Waals surface area contributed by atoms with Gasteiger partial charge in [-0.1, -0.05) is 0 Å². The third-order valence-corrected chi connectivity index (χ3v) is 1.38. The van der Waals surface area contributed by atoms with Crippen molar-refractivity contribution in [2.75, 3.05) is 0 Å². The molecule has 0 amide bonds. The van der Waals surface area contributed by atoms with Crippen molar-refractivity contribution in [2.24, 2.45) is 0 Å². The highest BCUT2D eigenvalue weighted by Crippen LogP contribution is 2.22. The summed E-state index contributed by atoms with van der Waals surface area (Å²) in [6.07, 6.45) is -4.87. The molecule has 4 nitrogen and oxygen atoms in total. The Morgan fingerprint density at radius 3 is 2.60 bits per heavy atom. The number of hydrogen-bond acceptors (Lipinski definition) is 4. The maximum atomic E-state index is 11.8. The summed E-state index contributed by atoms with van der Waals surface area (Å²) in [6, 6.07) is 3.64. The van der Waals surface area contributed by atoms with Crippen LogP contribution in [0.4, 0.5) is 13.2 Å². The summed E-state index contributed by atoms with van der Waals surface area (Å²) in [7, 11) is 0. The van der Waals surface area contributed by atoms with Gasteiger partial charge in [0.25, 0.3) is 0 Å². The molecule has 7 heteroatoms. The topological polar surface area (TPSA) is 66.1 Å². The van der Waals surface area contributed by atoms with Crippen molar-refractivity contribution in [1.82, 2.24) is 4.98 Å². The number of nitriles is 1. The molecule has 0 aliphatic carbocycles. The molecular formula is C8H5F3N2O2. The van der Waals surface area contributed by atoms with Gasteiger partial charge in [-0.15, -0.1) is 13.2 Å². The second-order valence-corrected chi connectivity index (χ2v) is 2.52. The van der Waals surface area contributed by atoms with Gasteiger partial charge in [0.05, 0.1) is 6.61 Å². The van der Waals surface area contributed by atoms with Gasteiger partial charge in [-0.3, -0.25) is 0 Å². The maximum absolute atomic E-state index is 11.8. The number of alkyl halides is 3. The summed E-state index contributed by atoms with van der Waals surface area (Å²) in [5, 5.41) is 17.2. The molecule has 0 saturated carbocycles. The Morgan fingerprint density at radius 2 is 2.13 bits per heavy atom. The van der Waals surface area contributed by atoms with Gasteiger partial charge >= 0.3 is 6.36 Å². The Labute approximate surface area is 82.5 Å². The van der Waals surface area contributed by atoms with E-state index in [0.29, 0.717) is 0 Å². The summed E-state index contributed by atoms with van der Waals surface area (Å²) in [4.78, 5) is 3.27. The van der Waals surface area contributed by atoms with Crippen molar-refractivity contribution < 1.29 is 23.0 Å². The molecule has 15 heavy (non-hydrogen) atoms. The van der Waals surface area contributed by atoms with Crippen LogP contribution in [-0.2, 0) is 6.61 Å². The first-order chi connectivity index (χ1) is 6.94. The average Bonchev–Trinajstić information content (AvgIpc) is 2.14. The molecule has 0 aliphatic rings. The molecule has 1 aromatic rings. The van der Waals surface area contributed by atoms with E-state index in [4.69, 9.17) is 10.4 Å². The van der Waals surface area contributed by atoms with Crippen LogP contribution in [0.2, 0.25) is 0 Å². The quantitative estimate of drug-likeness (QED) is 0.813. The fourth-order valence-corrected chi connectivity index (χ4v) is 0.879. The molecule has 0 atom stereocenters. The molecule has 1 N–H and O–H groups in total. The van der Waals surface area contributed by atoms with Crippen molar-refractivity contribution in [2.45, 2.75) is 13.0 Å². The van der Waals surface area contributed by atoms with E-state index in [-0.39, 0.29) is 11.3 Å². The minimum atomic E-state index is -4.87. The summed E-state index contributed by atoms with van der Waals surface area (Å²) < 4.78 is 38.9. The van der Waals surface area contributed by atoms with Gasteiger partial charge < -0.3 is 9.84 Å². The largest absolute Gasteiger partial charge is 0.574 e. The van der Waals surface area contributed by atoms with E-state index in [0.717, 1.165) is 6.07 Å². The van der Waals surface area contributed by atoms with Crippen LogP contribution in [0.25, 0.3) is 0 Å². The number of aliphatic hydroxyl groups excluding tert-OH is 1. The number of nitrogens with zero attached hydrogens (tertiary/aromatic N) is 2. The van der Waals surface area contributed by atoms with Crippen LogP contribution in [-0.4, -0.2) is 16.5 Å². The fraction of sp³-hybridized carbons (Fsp3) is 0.250. The number of rotatable bonds is 2. The third-order valence-electron chi connectivity index (χ3n) is 1.38. The maximum Gasteiger partial charge on any atom is 0.574 e. The van der Waals surface area contributed by atoms with Gasteiger partial charge in [0.15, 0.2) is 0 Å². The highest BCUT2D eigenvalue weighted by molar-refractivity contribution is 5.31. The van der Waals surface area contributed by atoms with Crippen molar-refractivity contribution in [1.29, 1.82) is 5.26 Å². The van der Waals surface area contributed by atoms with Crippen molar-refractivity contribution in [3.63, 3.8) is 0 Å². The predicted octanol–water partition coefficient (Wildman–Crippen LogP) is 1.34. The average molecular weight is 218 g/mol. The first-order valence-corrected chi connectivity index (χ1v) is 3.72. The zero-order valence-electron chi connectivity index (χ0n) is 7.25. The van der Waals surface area contributed by atoms with Crippen LogP contribution in [0.15, 0.2) is 12.1 Å². The van der Waals surface area contributed by atoms with Crippen LogP contribution in [0, 0.1) is 11.3 Å². The fourth-order valence-electron chi connectivity index (χ4n) is 0.879. The van der Waals surface area contributed by atoms with Crippen molar-refractivity contribution >= 4 is 0 Å². The van der Waals surface area contributed by atoms with Gasteiger partial charge in [-0.05, 0) is 11.6 Å². The van der Waals surface area contributed by atoms with E-state index in [1.807, 2.05) is 0 Å². The van der Waals surface area contributed by atoms with Gasteiger partial charge in [0, 0.05) is 6.07 Å². The Morgan fingerprint density at radius 1 is 1.47 bits per heavy atom. The predicted molar refractivity (Wildman–Crippen MR) is 41.6 cm³/mol. The van der Waals surface area contributed by atoms with Gasteiger partial charge in [-0.2, -0.15) is 5.26 Å². The lowest BCUT2D eigenvalue weighted by Gasteiger charge is -2.08. The Bertz CT molecular complexity index is 398. The van der Waals surface area contributed by atoms with Crippen LogP contribution in [0.5, 0.6) is 5.88 Å². The Balaban J connectivity index is 3.03. The molecule has 80 valence electrons. The molecule has 1 rings (SSSR count). The minimum absolute atomic E-state index is 0.126. The minimum Gasteiger partial charge on any atom is -0.392 e. The SMILES string of the molecule is N#Cc1cc(CO)cc(OC(F)(F)F)n1. The number of halogens is 3. The number of ether oxygens (including phenoxy) is 1. The molecule has 0 bridgehead atoms. The third kappa shape index (κ3) is 3.44. The Hall–Kier alpha value is -1.81. The molecule has 1 aromatic heterocycles. The van der Waals surface area contributed by atoms with Crippen LogP contribution in [0.3, 0.4) is 0 Å². The highest BCUT2D eigenvalue weighted by Gasteiger charge is 2.32. The first-order valence-electron chi connectivity index (χ1n) is 3.72. The van der Waals surface area contributed by atoms with E-state index < -0.39 is 18.8 Å². The number of hydrogen-bond donors (Lipinski definition) is 1. The molecular weight excluding hydrogens is 213 g/mol. The van der Waals surface area contributed by atoms with Crippen LogP contribution < -0.4 is 4.74 Å². The molecule has 0 radical (unpaired) electrons. The molecule has 0 spiro atoms. The lowest BCUT2D eigenvalue weighted by molar-refractivity contribution is -0.276. The van der Waals surface area contributed by atoms with E-state index in [1.165, 1.54) is 6.07 Å². The monoisotopic (exact) mass is 218 g/mol. The van der Waals surface area contributed by atoms with E-state index in [1.54, 1.807) is 6.07 Å². The first kappa shape index (κ1) is 11.3. The lowest BCUT2D eigenvalue weighted by atomic mass is 10.2. The van der Waals surface area contributed by atoms with Crippen LogP contribution >= 0.6 is 0 Å². The number of pyridine rings is 1. The molecule has 0 unspecified atom stereocenters. The van der Waals surface area contributed by atoms with E-state index in [9.17, 15) is 13.2 Å². The van der Waals surface area contributed by atoms with E-state index >= 15 is 0 Å². The summed E-state index contributed by atoms with van der Waals surface area (Å²) in [5.74, 6) is -0.759. The molecule has 0 aromatic carbocycles. The molecule has 0 aliphatic heterocycles. The number of aromatic nitrogens is 1. The molecule has 1 heterocycles. The Kier molecular flexibility index (Phi) is 3.11. The van der Waals surface area contributed by atoms with Gasteiger partial charge in [-0.25, -0.2) is 4.98 Å². The van der Waals surface area contributed by atoms with Gasteiger partial charge in [0.1, 0.15) is 11.8 Å². The normalized spacial score (nSPS) is 10.9.